The summed E-state index contributed by atoms with van der Waals surface area (Å²) >= 11 is 0. The molecule has 1 unspecified atom stereocenters. The van der Waals surface area contributed by atoms with Gasteiger partial charge in [-0.2, -0.15) is 0 Å². The maximum atomic E-state index is 13.9. The molecule has 0 saturated carbocycles. The predicted molar refractivity (Wildman–Crippen MR) is 160 cm³/mol. The Hall–Kier alpha value is -4.66. The van der Waals surface area contributed by atoms with Gasteiger partial charge in [-0.15, -0.1) is 0 Å². The Kier molecular flexibility index (Phi) is 9.62. The van der Waals surface area contributed by atoms with E-state index in [1.54, 1.807) is 29.2 Å². The summed E-state index contributed by atoms with van der Waals surface area (Å²) in [7, 11) is 0. The molecular formula is C33H38N4O5. The first-order valence-corrected chi connectivity index (χ1v) is 14.1. The second-order valence-electron chi connectivity index (χ2n) is 11.3. The van der Waals surface area contributed by atoms with E-state index in [0.29, 0.717) is 49.4 Å². The first-order chi connectivity index (χ1) is 20.0. The summed E-state index contributed by atoms with van der Waals surface area (Å²) in [6, 6.07) is 23.0. The molecular weight excluding hydrogens is 532 g/mol. The molecule has 1 saturated heterocycles. The summed E-state index contributed by atoms with van der Waals surface area (Å²) in [6.07, 6.45) is 1.35. The zero-order valence-electron chi connectivity index (χ0n) is 24.0. The van der Waals surface area contributed by atoms with E-state index in [-0.39, 0.29) is 30.0 Å². The highest BCUT2D eigenvalue weighted by Gasteiger charge is 2.42. The molecule has 0 aromatic heterocycles. The van der Waals surface area contributed by atoms with Crippen LogP contribution in [-0.4, -0.2) is 46.7 Å². The van der Waals surface area contributed by atoms with Crippen LogP contribution < -0.4 is 15.8 Å². The number of amidine groups is 1. The third kappa shape index (κ3) is 7.54. The van der Waals surface area contributed by atoms with Crippen molar-refractivity contribution >= 4 is 23.6 Å². The van der Waals surface area contributed by atoms with Crippen LogP contribution in [0, 0.1) is 16.7 Å². The molecule has 3 aromatic carbocycles. The number of amides is 2. The zero-order chi connectivity index (χ0) is 30.3. The number of carbonyl (C=O) groups excluding carboxylic acids is 2. The number of hydrogen-bond donors (Lipinski definition) is 4. The average molecular weight is 571 g/mol. The van der Waals surface area contributed by atoms with E-state index in [1.807, 2.05) is 68.4 Å². The van der Waals surface area contributed by atoms with Crippen molar-refractivity contribution in [3.63, 3.8) is 0 Å². The maximum Gasteiger partial charge on any atom is 0.303 e. The van der Waals surface area contributed by atoms with Gasteiger partial charge in [0.25, 0.3) is 5.91 Å². The van der Waals surface area contributed by atoms with Crippen molar-refractivity contribution in [3.8, 4) is 5.75 Å². The fraction of sp³-hybridized carbons (Fsp3) is 0.333. The van der Waals surface area contributed by atoms with Gasteiger partial charge in [-0.25, -0.2) is 0 Å². The molecule has 4 rings (SSSR count). The number of carboxylic acids is 1. The first-order valence-electron chi connectivity index (χ1n) is 14.1. The summed E-state index contributed by atoms with van der Waals surface area (Å²) in [5, 5.41) is 19.8. The summed E-state index contributed by atoms with van der Waals surface area (Å²) in [6.45, 7) is 5.00. The lowest BCUT2D eigenvalue weighted by molar-refractivity contribution is -0.144. The third-order valence-corrected chi connectivity index (χ3v) is 7.83. The van der Waals surface area contributed by atoms with E-state index in [1.165, 1.54) is 0 Å². The summed E-state index contributed by atoms with van der Waals surface area (Å²) in [5.74, 6) is -0.675. The van der Waals surface area contributed by atoms with Gasteiger partial charge < -0.3 is 25.8 Å². The van der Waals surface area contributed by atoms with E-state index in [4.69, 9.17) is 21.0 Å². The van der Waals surface area contributed by atoms with Crippen LogP contribution in [0.4, 0.5) is 0 Å². The van der Waals surface area contributed by atoms with Crippen molar-refractivity contribution in [2.75, 3.05) is 13.1 Å². The molecule has 9 heteroatoms. The molecule has 9 nitrogen and oxygen atoms in total. The lowest BCUT2D eigenvalue weighted by Crippen LogP contribution is -2.51. The van der Waals surface area contributed by atoms with Gasteiger partial charge in [-0.1, -0.05) is 54.6 Å². The molecule has 1 aliphatic heterocycles. The SMILES string of the molecule is CC(C)(C(=O)N1CCC(CC(=O)O)CC1)C(NC(=O)c1ccc(C(=N)N)cc1)c1ccc(OCc2ccccc2)cc1. The molecule has 220 valence electrons. The Bertz CT molecular complexity index is 1400. The second-order valence-corrected chi connectivity index (χ2v) is 11.3. The van der Waals surface area contributed by atoms with Gasteiger partial charge >= 0.3 is 5.97 Å². The quantitative estimate of drug-likeness (QED) is 0.193. The van der Waals surface area contributed by atoms with Crippen LogP contribution in [0.25, 0.3) is 0 Å². The number of piperidine rings is 1. The molecule has 42 heavy (non-hydrogen) atoms. The number of carbonyl (C=O) groups is 3. The lowest BCUT2D eigenvalue weighted by atomic mass is 9.78. The van der Waals surface area contributed by atoms with Crippen molar-refractivity contribution in [1.82, 2.24) is 10.2 Å². The van der Waals surface area contributed by atoms with Gasteiger partial charge in [0.15, 0.2) is 0 Å². The van der Waals surface area contributed by atoms with Gasteiger partial charge in [0.05, 0.1) is 11.5 Å². The van der Waals surface area contributed by atoms with Crippen molar-refractivity contribution in [3.05, 3.63) is 101 Å². The summed E-state index contributed by atoms with van der Waals surface area (Å²) < 4.78 is 5.94. The van der Waals surface area contributed by atoms with Crippen LogP contribution in [0.5, 0.6) is 5.75 Å². The number of aliphatic carboxylic acids is 1. The van der Waals surface area contributed by atoms with Crippen molar-refractivity contribution in [1.29, 1.82) is 5.41 Å². The van der Waals surface area contributed by atoms with E-state index in [2.05, 4.69) is 5.32 Å². The number of nitrogen functional groups attached to an aromatic ring is 1. The number of nitrogens with one attached hydrogen (secondary N) is 2. The molecule has 1 heterocycles. The number of ether oxygens (including phenoxy) is 1. The Morgan fingerprint density at radius 2 is 1.57 bits per heavy atom. The second kappa shape index (κ2) is 13.3. The molecule has 5 N–H and O–H groups in total. The number of hydrogen-bond acceptors (Lipinski definition) is 5. The first kappa shape index (κ1) is 30.3. The lowest BCUT2D eigenvalue weighted by Gasteiger charge is -2.40. The van der Waals surface area contributed by atoms with Gasteiger partial charge in [0.2, 0.25) is 5.91 Å². The van der Waals surface area contributed by atoms with Crippen molar-refractivity contribution in [2.24, 2.45) is 17.1 Å². The summed E-state index contributed by atoms with van der Waals surface area (Å²) in [5.41, 5.74) is 7.21. The minimum atomic E-state index is -1.03. The van der Waals surface area contributed by atoms with Crippen LogP contribution in [0.1, 0.15) is 66.2 Å². The maximum absolute atomic E-state index is 13.9. The predicted octanol–water partition coefficient (Wildman–Crippen LogP) is 4.76. The Morgan fingerprint density at radius 1 is 0.976 bits per heavy atom. The van der Waals surface area contributed by atoms with Crippen LogP contribution in [0.2, 0.25) is 0 Å². The highest BCUT2D eigenvalue weighted by Crippen LogP contribution is 2.37. The molecule has 0 radical (unpaired) electrons. The van der Waals surface area contributed by atoms with Crippen molar-refractivity contribution < 1.29 is 24.2 Å². The number of benzene rings is 3. The van der Waals surface area contributed by atoms with Gasteiger partial charge in [-0.3, -0.25) is 19.8 Å². The van der Waals surface area contributed by atoms with Gasteiger partial charge in [0.1, 0.15) is 18.2 Å². The van der Waals surface area contributed by atoms with E-state index < -0.39 is 17.4 Å². The van der Waals surface area contributed by atoms with Crippen molar-refractivity contribution in [2.45, 2.75) is 45.8 Å². The van der Waals surface area contributed by atoms with E-state index in [9.17, 15) is 14.4 Å². The Morgan fingerprint density at radius 3 is 2.14 bits per heavy atom. The molecule has 0 spiro atoms. The number of nitrogens with zero attached hydrogens (tertiary/aromatic N) is 1. The van der Waals surface area contributed by atoms with Crippen LogP contribution in [0.3, 0.4) is 0 Å². The topological polar surface area (TPSA) is 146 Å². The van der Waals surface area contributed by atoms with Crippen LogP contribution in [0.15, 0.2) is 78.9 Å². The molecule has 1 aliphatic rings. The smallest absolute Gasteiger partial charge is 0.303 e. The number of nitrogens with two attached hydrogens (primary N) is 1. The number of carboxylic acid groups (broad SMARTS) is 1. The number of rotatable bonds is 11. The molecule has 0 bridgehead atoms. The van der Waals surface area contributed by atoms with Crippen LogP contribution in [-0.2, 0) is 16.2 Å². The van der Waals surface area contributed by atoms with E-state index >= 15 is 0 Å². The third-order valence-electron chi connectivity index (χ3n) is 7.83. The standard InChI is InChI=1S/C33H38N4O5/c1-33(2,32(41)37-18-16-22(17-19-37)20-28(38)39)29(36-31(40)26-10-8-25(9-11-26)30(34)35)24-12-14-27(15-13-24)42-21-23-6-4-3-5-7-23/h3-15,22,29H,16-21H2,1-2H3,(H3,34,35)(H,36,40)(H,38,39). The van der Waals surface area contributed by atoms with Crippen LogP contribution >= 0.6 is 0 Å². The molecule has 0 aliphatic carbocycles. The summed E-state index contributed by atoms with van der Waals surface area (Å²) in [4.78, 5) is 40.3. The highest BCUT2D eigenvalue weighted by molar-refractivity contribution is 5.98. The monoisotopic (exact) mass is 570 g/mol. The largest absolute Gasteiger partial charge is 0.489 e. The van der Waals surface area contributed by atoms with Gasteiger partial charge in [0, 0.05) is 30.6 Å². The Labute approximate surface area is 246 Å². The van der Waals surface area contributed by atoms with E-state index in [0.717, 1.165) is 11.1 Å². The van der Waals surface area contributed by atoms with Gasteiger partial charge in [-0.05, 0) is 68.0 Å². The molecule has 3 aromatic rings. The molecule has 2 amide bonds. The zero-order valence-corrected chi connectivity index (χ0v) is 24.0. The average Bonchev–Trinajstić information content (AvgIpc) is 2.99. The Balaban J connectivity index is 1.55. The molecule has 1 fully saturated rings. The number of likely N-dealkylation sites (tertiary alicyclic amines) is 1. The molecule has 1 atom stereocenters. The fourth-order valence-corrected chi connectivity index (χ4v) is 5.31. The minimum absolute atomic E-state index is 0.0477. The normalized spacial score (nSPS) is 14.6. The minimum Gasteiger partial charge on any atom is -0.489 e. The fourth-order valence-electron chi connectivity index (χ4n) is 5.31. The highest BCUT2D eigenvalue weighted by atomic mass is 16.5.